The minimum atomic E-state index is -0.291. The molecule has 0 spiro atoms. The lowest BCUT2D eigenvalue weighted by Crippen LogP contribution is -1.95. The summed E-state index contributed by atoms with van der Waals surface area (Å²) in [5.41, 5.74) is 8.30. The molecule has 2 N–H and O–H groups in total. The second-order valence-electron chi connectivity index (χ2n) is 3.89. The third kappa shape index (κ3) is 2.09. The second-order valence-corrected chi connectivity index (χ2v) is 3.89. The molecule has 0 aliphatic rings. The Morgan fingerprint density at radius 2 is 1.82 bits per heavy atom. The molecule has 0 bridgehead atoms. The van der Waals surface area contributed by atoms with E-state index in [1.165, 1.54) is 6.07 Å². The van der Waals surface area contributed by atoms with E-state index in [4.69, 9.17) is 10.5 Å². The maximum absolute atomic E-state index is 13.9. The van der Waals surface area contributed by atoms with Crippen LogP contribution in [0.4, 0.5) is 10.1 Å². The van der Waals surface area contributed by atoms with Crippen molar-refractivity contribution in [1.82, 2.24) is 0 Å². The predicted octanol–water partition coefficient (Wildman–Crippen LogP) is 3.39. The van der Waals surface area contributed by atoms with Gasteiger partial charge in [0.2, 0.25) is 0 Å². The van der Waals surface area contributed by atoms with E-state index < -0.39 is 0 Å². The van der Waals surface area contributed by atoms with Crippen LogP contribution in [0.3, 0.4) is 0 Å². The van der Waals surface area contributed by atoms with Crippen LogP contribution in [0.2, 0.25) is 0 Å². The molecule has 0 fully saturated rings. The van der Waals surface area contributed by atoms with E-state index in [-0.39, 0.29) is 5.82 Å². The number of nitrogens with two attached hydrogens (primary N) is 1. The van der Waals surface area contributed by atoms with Crippen LogP contribution in [0, 0.1) is 12.7 Å². The van der Waals surface area contributed by atoms with Gasteiger partial charge in [0.25, 0.3) is 0 Å². The smallest absolute Gasteiger partial charge is 0.131 e. The van der Waals surface area contributed by atoms with E-state index in [0.29, 0.717) is 22.6 Å². The lowest BCUT2D eigenvalue weighted by atomic mass is 10.0. The van der Waals surface area contributed by atoms with E-state index in [1.807, 2.05) is 18.2 Å². The minimum absolute atomic E-state index is 0.291. The minimum Gasteiger partial charge on any atom is -0.496 e. The lowest BCUT2D eigenvalue weighted by molar-refractivity contribution is 0.416. The van der Waals surface area contributed by atoms with Gasteiger partial charge in [0, 0.05) is 16.8 Å². The molecule has 0 aliphatic carbocycles. The summed E-state index contributed by atoms with van der Waals surface area (Å²) in [6.07, 6.45) is 0. The molecule has 2 nitrogen and oxygen atoms in total. The van der Waals surface area contributed by atoms with Crippen molar-refractivity contribution in [2.45, 2.75) is 6.92 Å². The second kappa shape index (κ2) is 4.45. The van der Waals surface area contributed by atoms with Crippen molar-refractivity contribution < 1.29 is 9.13 Å². The van der Waals surface area contributed by atoms with Crippen LogP contribution >= 0.6 is 0 Å². The molecule has 0 saturated carbocycles. The number of para-hydroxylation sites is 1. The Labute approximate surface area is 99.8 Å². The van der Waals surface area contributed by atoms with E-state index in [9.17, 15) is 4.39 Å². The number of halogens is 1. The highest BCUT2D eigenvalue weighted by Crippen LogP contribution is 2.33. The SMILES string of the molecule is COc1ccccc1-c1cc(N)c(C)cc1F. The zero-order valence-corrected chi connectivity index (χ0v) is 9.83. The topological polar surface area (TPSA) is 35.2 Å². The van der Waals surface area contributed by atoms with Crippen molar-refractivity contribution in [2.75, 3.05) is 12.8 Å². The number of anilines is 1. The average molecular weight is 231 g/mol. The Morgan fingerprint density at radius 1 is 1.12 bits per heavy atom. The first kappa shape index (κ1) is 11.5. The first-order valence-electron chi connectivity index (χ1n) is 5.32. The van der Waals surface area contributed by atoms with Gasteiger partial charge in [-0.25, -0.2) is 4.39 Å². The van der Waals surface area contributed by atoms with Crippen molar-refractivity contribution in [3.8, 4) is 16.9 Å². The maximum atomic E-state index is 13.9. The highest BCUT2D eigenvalue weighted by atomic mass is 19.1. The molecule has 0 atom stereocenters. The molecular weight excluding hydrogens is 217 g/mol. The summed E-state index contributed by atoms with van der Waals surface area (Å²) >= 11 is 0. The molecule has 0 heterocycles. The van der Waals surface area contributed by atoms with Gasteiger partial charge in [0.15, 0.2) is 0 Å². The number of rotatable bonds is 2. The van der Waals surface area contributed by atoms with Crippen LogP contribution < -0.4 is 10.5 Å². The molecule has 0 aromatic heterocycles. The van der Waals surface area contributed by atoms with Crippen LogP contribution in [-0.2, 0) is 0 Å². The highest BCUT2D eigenvalue weighted by molar-refractivity contribution is 5.74. The van der Waals surface area contributed by atoms with Gasteiger partial charge in [-0.15, -0.1) is 0 Å². The number of ether oxygens (including phenoxy) is 1. The van der Waals surface area contributed by atoms with Crippen molar-refractivity contribution in [2.24, 2.45) is 0 Å². The maximum Gasteiger partial charge on any atom is 0.131 e. The van der Waals surface area contributed by atoms with Gasteiger partial charge >= 0.3 is 0 Å². The summed E-state index contributed by atoms with van der Waals surface area (Å²) in [5, 5.41) is 0. The van der Waals surface area contributed by atoms with E-state index >= 15 is 0 Å². The molecule has 2 aromatic rings. The zero-order chi connectivity index (χ0) is 12.4. The summed E-state index contributed by atoms with van der Waals surface area (Å²) in [7, 11) is 1.56. The normalized spacial score (nSPS) is 10.3. The number of aryl methyl sites for hydroxylation is 1. The highest BCUT2D eigenvalue weighted by Gasteiger charge is 2.11. The molecule has 2 rings (SSSR count). The number of methoxy groups -OCH3 is 1. The third-order valence-electron chi connectivity index (χ3n) is 2.75. The van der Waals surface area contributed by atoms with Gasteiger partial charge in [-0.05, 0) is 30.7 Å². The van der Waals surface area contributed by atoms with Crippen molar-refractivity contribution >= 4 is 5.69 Å². The van der Waals surface area contributed by atoms with Crippen molar-refractivity contribution in [3.63, 3.8) is 0 Å². The van der Waals surface area contributed by atoms with Gasteiger partial charge in [-0.2, -0.15) is 0 Å². The Kier molecular flexibility index (Phi) is 3.00. The summed E-state index contributed by atoms with van der Waals surface area (Å²) in [6, 6.07) is 10.4. The predicted molar refractivity (Wildman–Crippen MR) is 67.5 cm³/mol. The average Bonchev–Trinajstić information content (AvgIpc) is 2.34. The standard InChI is InChI=1S/C14H14FNO/c1-9-7-12(15)11(8-13(9)16)10-5-3-4-6-14(10)17-2/h3-8H,16H2,1-2H3. The van der Waals surface area contributed by atoms with E-state index in [2.05, 4.69) is 0 Å². The summed E-state index contributed by atoms with van der Waals surface area (Å²) < 4.78 is 19.1. The van der Waals surface area contributed by atoms with Gasteiger partial charge < -0.3 is 10.5 Å². The van der Waals surface area contributed by atoms with Crippen LogP contribution in [0.1, 0.15) is 5.56 Å². The monoisotopic (exact) mass is 231 g/mol. The quantitative estimate of drug-likeness (QED) is 0.804. The number of hydrogen-bond acceptors (Lipinski definition) is 2. The van der Waals surface area contributed by atoms with Crippen molar-refractivity contribution in [1.29, 1.82) is 0 Å². The largest absolute Gasteiger partial charge is 0.496 e. The summed E-state index contributed by atoms with van der Waals surface area (Å²) in [4.78, 5) is 0. The Morgan fingerprint density at radius 3 is 2.53 bits per heavy atom. The molecule has 2 aromatic carbocycles. The summed E-state index contributed by atoms with van der Waals surface area (Å²) in [6.45, 7) is 1.78. The lowest BCUT2D eigenvalue weighted by Gasteiger charge is -2.11. The Bertz CT molecular complexity index is 552. The molecule has 0 amide bonds. The zero-order valence-electron chi connectivity index (χ0n) is 9.83. The van der Waals surface area contributed by atoms with Crippen LogP contribution in [0.15, 0.2) is 36.4 Å². The molecule has 0 radical (unpaired) electrons. The first-order valence-corrected chi connectivity index (χ1v) is 5.32. The van der Waals surface area contributed by atoms with E-state index in [0.717, 1.165) is 5.56 Å². The Hall–Kier alpha value is -2.03. The molecule has 3 heteroatoms. The van der Waals surface area contributed by atoms with E-state index in [1.54, 1.807) is 26.2 Å². The van der Waals surface area contributed by atoms with Gasteiger partial charge in [0.05, 0.1) is 7.11 Å². The van der Waals surface area contributed by atoms with Gasteiger partial charge in [-0.1, -0.05) is 18.2 Å². The number of benzene rings is 2. The molecular formula is C14H14FNO. The van der Waals surface area contributed by atoms with Crippen LogP contribution in [0.25, 0.3) is 11.1 Å². The number of nitrogen functional groups attached to an aromatic ring is 1. The van der Waals surface area contributed by atoms with Gasteiger partial charge in [-0.3, -0.25) is 0 Å². The number of hydrogen-bond donors (Lipinski definition) is 1. The summed E-state index contributed by atoms with van der Waals surface area (Å²) in [5.74, 6) is 0.343. The van der Waals surface area contributed by atoms with Crippen molar-refractivity contribution in [3.05, 3.63) is 47.8 Å². The van der Waals surface area contributed by atoms with Crippen LogP contribution in [0.5, 0.6) is 5.75 Å². The molecule has 0 unspecified atom stereocenters. The fraction of sp³-hybridized carbons (Fsp3) is 0.143. The van der Waals surface area contributed by atoms with Gasteiger partial charge in [0.1, 0.15) is 11.6 Å². The molecule has 17 heavy (non-hydrogen) atoms. The third-order valence-corrected chi connectivity index (χ3v) is 2.75. The fourth-order valence-electron chi connectivity index (χ4n) is 1.76. The first-order chi connectivity index (χ1) is 8.13. The Balaban J connectivity index is 2.64. The molecule has 0 saturated heterocycles. The molecule has 0 aliphatic heterocycles. The molecule has 88 valence electrons. The fourth-order valence-corrected chi connectivity index (χ4v) is 1.76. The van der Waals surface area contributed by atoms with Crippen LogP contribution in [-0.4, -0.2) is 7.11 Å².